The van der Waals surface area contributed by atoms with Crippen molar-refractivity contribution in [3.63, 3.8) is 0 Å². The molecule has 4 heterocycles. The average molecular weight is 453 g/mol. The van der Waals surface area contributed by atoms with Gasteiger partial charge in [0.1, 0.15) is 11.4 Å². The highest BCUT2D eigenvalue weighted by Crippen LogP contribution is 2.24. The highest BCUT2D eigenvalue weighted by Gasteiger charge is 2.29. The number of nitrogens with one attached hydrogen (secondary N) is 2. The molecule has 1 amide bonds. The molecule has 0 aliphatic carbocycles. The summed E-state index contributed by atoms with van der Waals surface area (Å²) in [6, 6.07) is 4.50. The Morgan fingerprint density at radius 3 is 2.48 bits per heavy atom. The van der Waals surface area contributed by atoms with Crippen LogP contribution in [0, 0.1) is 0 Å². The molecule has 0 radical (unpaired) electrons. The monoisotopic (exact) mass is 452 g/mol. The Bertz CT molecular complexity index is 1050. The molecule has 4 rings (SSSR count). The van der Waals surface area contributed by atoms with Gasteiger partial charge in [0, 0.05) is 50.8 Å². The predicted molar refractivity (Wildman–Crippen MR) is 129 cm³/mol. The van der Waals surface area contributed by atoms with Gasteiger partial charge in [-0.05, 0) is 31.6 Å². The number of ether oxygens (including phenoxy) is 1. The number of hydrogen-bond acceptors (Lipinski definition) is 8. The number of aromatic nitrogens is 3. The van der Waals surface area contributed by atoms with E-state index in [1.807, 2.05) is 39.2 Å². The lowest BCUT2D eigenvalue weighted by molar-refractivity contribution is -0.0660. The van der Waals surface area contributed by atoms with E-state index in [2.05, 4.69) is 37.1 Å². The summed E-state index contributed by atoms with van der Waals surface area (Å²) in [6.07, 6.45) is 3.46. The van der Waals surface area contributed by atoms with Crippen molar-refractivity contribution >= 4 is 28.9 Å². The van der Waals surface area contributed by atoms with E-state index in [1.165, 1.54) is 0 Å². The Balaban J connectivity index is 1.46. The Morgan fingerprint density at radius 2 is 1.94 bits per heavy atom. The minimum atomic E-state index is -0.562. The maximum Gasteiger partial charge on any atom is 0.254 e. The average Bonchev–Trinajstić information content (AvgIpc) is 3.21. The van der Waals surface area contributed by atoms with Crippen LogP contribution in [-0.4, -0.2) is 78.1 Å². The Kier molecular flexibility index (Phi) is 6.66. The van der Waals surface area contributed by atoms with Crippen LogP contribution >= 0.6 is 0 Å². The minimum absolute atomic E-state index is 0.291. The zero-order chi connectivity index (χ0) is 23.5. The molecule has 0 aromatic carbocycles. The van der Waals surface area contributed by atoms with Gasteiger partial charge in [-0.3, -0.25) is 9.69 Å². The predicted octanol–water partition coefficient (Wildman–Crippen LogP) is 1.63. The Hall–Kier alpha value is -3.37. The van der Waals surface area contributed by atoms with Crippen molar-refractivity contribution < 1.29 is 9.53 Å². The number of rotatable bonds is 8. The third kappa shape index (κ3) is 4.86. The number of amides is 1. The van der Waals surface area contributed by atoms with Gasteiger partial charge in [-0.15, -0.1) is 5.10 Å². The Morgan fingerprint density at radius 1 is 1.21 bits per heavy atom. The molecular formula is C23H32N8O2. The molecule has 176 valence electrons. The number of hydrogen-bond donors (Lipinski definition) is 3. The standard InChI is InChI=1S/C23H32N8O2/c1-15(16(2)25-4)17(3)31-12-20(22(24)32)23(28-31)27-21-6-5-18(11-26-21)29-7-9-30(10-8-29)19-13-33-14-19/h5-6,11-12,19,25H,2,7-10,13-14H2,1,3-4H3,(H2,24,32)(H,26,27,28)/b17-15+. The van der Waals surface area contributed by atoms with E-state index in [1.54, 1.807) is 10.9 Å². The number of primary amides is 1. The highest BCUT2D eigenvalue weighted by atomic mass is 16.5. The van der Waals surface area contributed by atoms with Crippen LogP contribution < -0.4 is 21.3 Å². The van der Waals surface area contributed by atoms with Crippen LogP contribution in [0.1, 0.15) is 24.2 Å². The number of nitrogens with two attached hydrogens (primary N) is 1. The van der Waals surface area contributed by atoms with Crippen LogP contribution in [0.15, 0.2) is 42.4 Å². The number of likely N-dealkylation sites (N-methyl/N-ethyl adjacent to an activating group) is 1. The van der Waals surface area contributed by atoms with E-state index >= 15 is 0 Å². The molecule has 0 spiro atoms. The zero-order valence-corrected chi connectivity index (χ0v) is 19.5. The van der Waals surface area contributed by atoms with Gasteiger partial charge in [0.2, 0.25) is 0 Å². The summed E-state index contributed by atoms with van der Waals surface area (Å²) < 4.78 is 6.94. The third-order valence-electron chi connectivity index (χ3n) is 6.43. The largest absolute Gasteiger partial charge is 0.388 e. The first-order chi connectivity index (χ1) is 15.9. The smallest absolute Gasteiger partial charge is 0.254 e. The third-order valence-corrected chi connectivity index (χ3v) is 6.43. The first-order valence-electron chi connectivity index (χ1n) is 11.1. The van der Waals surface area contributed by atoms with Gasteiger partial charge >= 0.3 is 0 Å². The van der Waals surface area contributed by atoms with E-state index in [0.717, 1.165) is 62.0 Å². The molecule has 2 fully saturated rings. The van der Waals surface area contributed by atoms with Crippen LogP contribution in [-0.2, 0) is 4.74 Å². The fourth-order valence-electron chi connectivity index (χ4n) is 3.94. The fraction of sp³-hybridized carbons (Fsp3) is 0.435. The molecule has 10 heteroatoms. The lowest BCUT2D eigenvalue weighted by atomic mass is 10.2. The number of allylic oxidation sites excluding steroid dienone is 2. The van der Waals surface area contributed by atoms with Gasteiger partial charge in [-0.25, -0.2) is 9.67 Å². The first-order valence-corrected chi connectivity index (χ1v) is 11.1. The maximum absolute atomic E-state index is 12.0. The summed E-state index contributed by atoms with van der Waals surface area (Å²) in [5.74, 6) is 0.393. The number of pyridine rings is 1. The van der Waals surface area contributed by atoms with Crippen molar-refractivity contribution in [1.82, 2.24) is 25.0 Å². The summed E-state index contributed by atoms with van der Waals surface area (Å²) in [5, 5.41) is 10.7. The number of nitrogens with zero attached hydrogens (tertiary/aromatic N) is 5. The van der Waals surface area contributed by atoms with E-state index in [0.29, 0.717) is 23.2 Å². The summed E-state index contributed by atoms with van der Waals surface area (Å²) in [6.45, 7) is 13.5. The second-order valence-electron chi connectivity index (χ2n) is 8.38. The second kappa shape index (κ2) is 9.63. The van der Waals surface area contributed by atoms with Crippen LogP contribution in [0.3, 0.4) is 0 Å². The molecule has 0 unspecified atom stereocenters. The van der Waals surface area contributed by atoms with Crippen LogP contribution in [0.25, 0.3) is 5.70 Å². The van der Waals surface area contributed by atoms with Crippen molar-refractivity contribution in [2.24, 2.45) is 5.73 Å². The van der Waals surface area contributed by atoms with Crippen molar-refractivity contribution in [2.75, 3.05) is 56.7 Å². The van der Waals surface area contributed by atoms with Crippen molar-refractivity contribution in [3.05, 3.63) is 47.9 Å². The lowest BCUT2D eigenvalue weighted by Gasteiger charge is -2.43. The molecule has 10 nitrogen and oxygen atoms in total. The summed E-state index contributed by atoms with van der Waals surface area (Å²) in [4.78, 5) is 21.4. The van der Waals surface area contributed by atoms with Gasteiger partial charge in [0.15, 0.2) is 5.82 Å². The molecule has 2 aromatic rings. The van der Waals surface area contributed by atoms with Gasteiger partial charge in [0.05, 0.1) is 31.1 Å². The quantitative estimate of drug-likeness (QED) is 0.518. The molecule has 0 bridgehead atoms. The van der Waals surface area contributed by atoms with Crippen molar-refractivity contribution in [3.8, 4) is 0 Å². The molecule has 4 N–H and O–H groups in total. The molecule has 33 heavy (non-hydrogen) atoms. The highest BCUT2D eigenvalue weighted by molar-refractivity contribution is 5.98. The van der Waals surface area contributed by atoms with Gasteiger partial charge in [-0.1, -0.05) is 6.58 Å². The van der Waals surface area contributed by atoms with Gasteiger partial charge < -0.3 is 26.0 Å². The van der Waals surface area contributed by atoms with Crippen molar-refractivity contribution in [2.45, 2.75) is 19.9 Å². The molecule has 2 aliphatic heterocycles. The Labute approximate surface area is 194 Å². The van der Waals surface area contributed by atoms with Gasteiger partial charge in [-0.2, -0.15) is 0 Å². The molecule has 0 atom stereocenters. The lowest BCUT2D eigenvalue weighted by Crippen LogP contribution is -2.56. The van der Waals surface area contributed by atoms with E-state index in [4.69, 9.17) is 10.5 Å². The van der Waals surface area contributed by atoms with E-state index in [9.17, 15) is 4.79 Å². The number of carbonyl (C=O) groups excluding carboxylic acids is 1. The topological polar surface area (TPSA) is 114 Å². The van der Waals surface area contributed by atoms with Crippen LogP contribution in [0.4, 0.5) is 17.3 Å². The molecule has 2 aromatic heterocycles. The van der Waals surface area contributed by atoms with Crippen LogP contribution in [0.5, 0.6) is 0 Å². The molecule has 2 saturated heterocycles. The summed E-state index contributed by atoms with van der Waals surface area (Å²) in [5.41, 5.74) is 9.50. The molecule has 2 aliphatic rings. The molecular weight excluding hydrogens is 420 g/mol. The maximum atomic E-state index is 12.0. The summed E-state index contributed by atoms with van der Waals surface area (Å²) >= 11 is 0. The normalized spacial score (nSPS) is 17.8. The number of anilines is 3. The van der Waals surface area contributed by atoms with Gasteiger partial charge in [0.25, 0.3) is 5.91 Å². The number of carbonyl (C=O) groups is 1. The van der Waals surface area contributed by atoms with Crippen LogP contribution in [0.2, 0.25) is 0 Å². The van der Waals surface area contributed by atoms with E-state index < -0.39 is 5.91 Å². The minimum Gasteiger partial charge on any atom is -0.388 e. The number of piperazine rings is 1. The van der Waals surface area contributed by atoms with E-state index in [-0.39, 0.29) is 0 Å². The fourth-order valence-corrected chi connectivity index (χ4v) is 3.94. The first kappa shape index (κ1) is 22.8. The second-order valence-corrected chi connectivity index (χ2v) is 8.38. The SMILES string of the molecule is C=C(NC)/C(C)=C(\C)n1cc(C(N)=O)c(Nc2ccc(N3CCN(C4COC4)CC3)cn2)n1. The summed E-state index contributed by atoms with van der Waals surface area (Å²) in [7, 11) is 1.81. The zero-order valence-electron chi connectivity index (χ0n) is 19.5. The van der Waals surface area contributed by atoms with Crippen molar-refractivity contribution in [1.29, 1.82) is 0 Å². The molecule has 0 saturated carbocycles.